The average Bonchev–Trinajstić information content (AvgIpc) is 2.36. The van der Waals surface area contributed by atoms with Gasteiger partial charge in [-0.2, -0.15) is 0 Å². The van der Waals surface area contributed by atoms with Gasteiger partial charge in [0.05, 0.1) is 12.6 Å². The zero-order valence-corrected chi connectivity index (χ0v) is 10.7. The van der Waals surface area contributed by atoms with E-state index >= 15 is 0 Å². The van der Waals surface area contributed by atoms with Crippen molar-refractivity contribution in [3.63, 3.8) is 0 Å². The van der Waals surface area contributed by atoms with Crippen molar-refractivity contribution in [1.29, 1.82) is 0 Å². The summed E-state index contributed by atoms with van der Waals surface area (Å²) in [7, 11) is 1.76. The molecule has 1 aliphatic heterocycles. The van der Waals surface area contributed by atoms with Crippen LogP contribution in [0.25, 0.3) is 0 Å². The average molecular weight is 246 g/mol. The highest BCUT2D eigenvalue weighted by Crippen LogP contribution is 2.21. The Kier molecular flexibility index (Phi) is 3.77. The number of hydrogen-bond donors (Lipinski definition) is 1. The lowest BCUT2D eigenvalue weighted by Gasteiger charge is -2.34. The largest absolute Gasteiger partial charge is 0.309 e. The van der Waals surface area contributed by atoms with Crippen LogP contribution < -0.4 is 5.32 Å². The van der Waals surface area contributed by atoms with Gasteiger partial charge in [-0.1, -0.05) is 37.3 Å². The van der Waals surface area contributed by atoms with Crippen molar-refractivity contribution in [2.45, 2.75) is 25.9 Å². The van der Waals surface area contributed by atoms with Gasteiger partial charge < -0.3 is 5.32 Å². The standard InChI is InChI=1S/C14H18N2O2/c1-10-8-12(17)16(14(18)13(10)15-2)9-11-6-4-3-5-7-11/h3-7,10,13,15H,8-9H2,1-2H3. The Morgan fingerprint density at radius 2 is 1.94 bits per heavy atom. The molecule has 0 aliphatic carbocycles. The molecule has 1 fully saturated rings. The zero-order valence-electron chi connectivity index (χ0n) is 10.7. The molecule has 4 heteroatoms. The van der Waals surface area contributed by atoms with Crippen molar-refractivity contribution in [1.82, 2.24) is 10.2 Å². The number of nitrogens with zero attached hydrogens (tertiary/aromatic N) is 1. The van der Waals surface area contributed by atoms with Crippen LogP contribution in [0.4, 0.5) is 0 Å². The Morgan fingerprint density at radius 1 is 1.28 bits per heavy atom. The highest BCUT2D eigenvalue weighted by molar-refractivity contribution is 6.00. The van der Waals surface area contributed by atoms with Gasteiger partial charge >= 0.3 is 0 Å². The molecular weight excluding hydrogens is 228 g/mol. The van der Waals surface area contributed by atoms with Gasteiger partial charge in [0.25, 0.3) is 0 Å². The molecule has 4 nitrogen and oxygen atoms in total. The molecule has 1 N–H and O–H groups in total. The zero-order chi connectivity index (χ0) is 13.1. The molecule has 1 aliphatic rings. The molecule has 2 atom stereocenters. The Labute approximate surface area is 107 Å². The Balaban J connectivity index is 2.16. The topological polar surface area (TPSA) is 49.4 Å². The summed E-state index contributed by atoms with van der Waals surface area (Å²) in [5.41, 5.74) is 0.976. The third-order valence-electron chi connectivity index (χ3n) is 3.39. The molecule has 96 valence electrons. The number of nitrogens with one attached hydrogen (secondary N) is 1. The van der Waals surface area contributed by atoms with E-state index in [9.17, 15) is 9.59 Å². The smallest absolute Gasteiger partial charge is 0.246 e. The van der Waals surface area contributed by atoms with Crippen LogP contribution in [-0.4, -0.2) is 29.8 Å². The third-order valence-corrected chi connectivity index (χ3v) is 3.39. The minimum Gasteiger partial charge on any atom is -0.309 e. The van der Waals surface area contributed by atoms with Gasteiger partial charge in [-0.05, 0) is 18.5 Å². The number of hydrogen-bond acceptors (Lipinski definition) is 3. The summed E-state index contributed by atoms with van der Waals surface area (Å²) >= 11 is 0. The second-order valence-corrected chi connectivity index (χ2v) is 4.75. The molecule has 0 radical (unpaired) electrons. The van der Waals surface area contributed by atoms with Gasteiger partial charge in [-0.3, -0.25) is 14.5 Å². The predicted octanol–water partition coefficient (Wildman–Crippen LogP) is 1.17. The number of likely N-dealkylation sites (tertiary alicyclic amines) is 1. The lowest BCUT2D eigenvalue weighted by Crippen LogP contribution is -2.55. The summed E-state index contributed by atoms with van der Waals surface area (Å²) in [6.07, 6.45) is 0.421. The van der Waals surface area contributed by atoms with E-state index in [4.69, 9.17) is 0 Å². The summed E-state index contributed by atoms with van der Waals surface area (Å²) in [4.78, 5) is 25.5. The lowest BCUT2D eigenvalue weighted by molar-refractivity contribution is -0.152. The van der Waals surface area contributed by atoms with Gasteiger partial charge in [0.1, 0.15) is 0 Å². The van der Waals surface area contributed by atoms with Crippen LogP contribution >= 0.6 is 0 Å². The first-order valence-electron chi connectivity index (χ1n) is 6.19. The monoisotopic (exact) mass is 246 g/mol. The molecule has 2 amide bonds. The van der Waals surface area contributed by atoms with E-state index in [1.54, 1.807) is 7.05 Å². The van der Waals surface area contributed by atoms with Crippen molar-refractivity contribution in [3.8, 4) is 0 Å². The highest BCUT2D eigenvalue weighted by atomic mass is 16.2. The van der Waals surface area contributed by atoms with Gasteiger partial charge in [0.2, 0.25) is 11.8 Å². The van der Waals surface area contributed by atoms with Crippen LogP contribution in [-0.2, 0) is 16.1 Å². The summed E-state index contributed by atoms with van der Waals surface area (Å²) in [6.45, 7) is 2.29. The number of likely N-dealkylation sites (N-methyl/N-ethyl adjacent to an activating group) is 1. The minimum atomic E-state index is -0.258. The number of rotatable bonds is 3. The minimum absolute atomic E-state index is 0.0574. The number of piperidine rings is 1. The first kappa shape index (κ1) is 12.8. The molecule has 1 aromatic carbocycles. The van der Waals surface area contributed by atoms with E-state index in [1.165, 1.54) is 4.90 Å². The first-order valence-corrected chi connectivity index (χ1v) is 6.19. The molecule has 1 aromatic rings. The maximum Gasteiger partial charge on any atom is 0.246 e. The molecule has 18 heavy (non-hydrogen) atoms. The molecule has 0 saturated carbocycles. The van der Waals surface area contributed by atoms with Crippen LogP contribution in [0.1, 0.15) is 18.9 Å². The normalized spacial score (nSPS) is 24.4. The van der Waals surface area contributed by atoms with Crippen LogP contribution in [0.5, 0.6) is 0 Å². The van der Waals surface area contributed by atoms with E-state index in [0.29, 0.717) is 13.0 Å². The van der Waals surface area contributed by atoms with E-state index in [2.05, 4.69) is 5.32 Å². The highest BCUT2D eigenvalue weighted by Gasteiger charge is 2.38. The molecule has 1 heterocycles. The van der Waals surface area contributed by atoms with E-state index < -0.39 is 0 Å². The third kappa shape index (κ3) is 2.43. The van der Waals surface area contributed by atoms with E-state index in [1.807, 2.05) is 37.3 Å². The maximum absolute atomic E-state index is 12.2. The predicted molar refractivity (Wildman–Crippen MR) is 68.6 cm³/mol. The maximum atomic E-state index is 12.2. The second kappa shape index (κ2) is 5.31. The van der Waals surface area contributed by atoms with Crippen LogP contribution in [0.3, 0.4) is 0 Å². The number of carbonyl (C=O) groups is 2. The Bertz CT molecular complexity index is 444. The number of carbonyl (C=O) groups excluding carboxylic acids is 2. The molecule has 2 unspecified atom stereocenters. The van der Waals surface area contributed by atoms with E-state index in [0.717, 1.165) is 5.56 Å². The number of amides is 2. The fourth-order valence-electron chi connectivity index (χ4n) is 2.38. The first-order chi connectivity index (χ1) is 8.63. The van der Waals surface area contributed by atoms with Crippen LogP contribution in [0, 0.1) is 5.92 Å². The summed E-state index contributed by atoms with van der Waals surface area (Å²) in [5, 5.41) is 3.00. The van der Waals surface area contributed by atoms with Crippen LogP contribution in [0.15, 0.2) is 30.3 Å². The fourth-order valence-corrected chi connectivity index (χ4v) is 2.38. The van der Waals surface area contributed by atoms with Crippen LogP contribution in [0.2, 0.25) is 0 Å². The van der Waals surface area contributed by atoms with Crippen molar-refractivity contribution in [2.75, 3.05) is 7.05 Å². The molecule has 1 saturated heterocycles. The van der Waals surface area contributed by atoms with Crippen molar-refractivity contribution in [3.05, 3.63) is 35.9 Å². The molecule has 0 aromatic heterocycles. The molecule has 0 spiro atoms. The number of imide groups is 1. The van der Waals surface area contributed by atoms with Gasteiger partial charge in [0.15, 0.2) is 0 Å². The molecular formula is C14H18N2O2. The quantitative estimate of drug-likeness (QED) is 0.814. The molecule has 2 rings (SSSR count). The molecule has 0 bridgehead atoms. The Hall–Kier alpha value is -1.68. The fraction of sp³-hybridized carbons (Fsp3) is 0.429. The Morgan fingerprint density at radius 3 is 2.56 bits per heavy atom. The van der Waals surface area contributed by atoms with Gasteiger partial charge in [-0.15, -0.1) is 0 Å². The SMILES string of the molecule is CNC1C(=O)N(Cc2ccccc2)C(=O)CC1C. The van der Waals surface area contributed by atoms with Gasteiger partial charge in [-0.25, -0.2) is 0 Å². The summed E-state index contributed by atoms with van der Waals surface area (Å²) < 4.78 is 0. The summed E-state index contributed by atoms with van der Waals surface area (Å²) in [5.74, 6) is -0.144. The summed E-state index contributed by atoms with van der Waals surface area (Å²) in [6, 6.07) is 9.33. The second-order valence-electron chi connectivity index (χ2n) is 4.75. The van der Waals surface area contributed by atoms with E-state index in [-0.39, 0.29) is 23.8 Å². The lowest BCUT2D eigenvalue weighted by atomic mass is 9.92. The van der Waals surface area contributed by atoms with Crippen molar-refractivity contribution >= 4 is 11.8 Å². The van der Waals surface area contributed by atoms with Gasteiger partial charge in [0, 0.05) is 6.42 Å². The van der Waals surface area contributed by atoms with Crippen molar-refractivity contribution in [2.24, 2.45) is 5.92 Å². The number of benzene rings is 1. The van der Waals surface area contributed by atoms with Crippen molar-refractivity contribution < 1.29 is 9.59 Å².